The van der Waals surface area contributed by atoms with Crippen LogP contribution >= 0.6 is 0 Å². The van der Waals surface area contributed by atoms with Gasteiger partial charge in [0.2, 0.25) is 5.69 Å². The van der Waals surface area contributed by atoms with E-state index in [4.69, 9.17) is 0 Å². The highest BCUT2D eigenvalue weighted by molar-refractivity contribution is 7.86. The van der Waals surface area contributed by atoms with Gasteiger partial charge in [-0.15, -0.1) is 0 Å². The van der Waals surface area contributed by atoms with Gasteiger partial charge in [0.15, 0.2) is 12.3 Å². The Morgan fingerprint density at radius 2 is 1.27 bits per heavy atom. The first-order valence-corrected chi connectivity index (χ1v) is 19.0. The number of aliphatic carboxylic acids is 2. The van der Waals surface area contributed by atoms with Crippen LogP contribution in [0.2, 0.25) is 0 Å². The first kappa shape index (κ1) is 35.9. The van der Waals surface area contributed by atoms with Crippen LogP contribution in [-0.2, 0) is 40.7 Å². The minimum Gasteiger partial charge on any atom is -0.481 e. The zero-order valence-electron chi connectivity index (χ0n) is 28.3. The lowest BCUT2D eigenvalue weighted by Crippen LogP contribution is -2.29. The average Bonchev–Trinajstić information content (AvgIpc) is 3.39. The van der Waals surface area contributed by atoms with Gasteiger partial charge in [-0.05, 0) is 60.5 Å². The summed E-state index contributed by atoms with van der Waals surface area (Å²) in [7, 11) is -9.07. The Labute approximate surface area is 295 Å². The number of nitrogens with zero attached hydrogens (tertiary/aromatic N) is 2. The van der Waals surface area contributed by atoms with Gasteiger partial charge in [-0.1, -0.05) is 50.3 Å². The Bertz CT molecular complexity index is 2500. The number of carboxylic acids is 2. The van der Waals surface area contributed by atoms with E-state index in [9.17, 15) is 45.7 Å². The van der Waals surface area contributed by atoms with Crippen molar-refractivity contribution in [2.24, 2.45) is 0 Å². The molecular formula is C37H37N2O10S2+. The third-order valence-electron chi connectivity index (χ3n) is 9.86. The lowest BCUT2D eigenvalue weighted by molar-refractivity contribution is -0.436. The normalized spacial score (nSPS) is 17.5. The Hall–Kier alpha value is -4.89. The zero-order chi connectivity index (χ0) is 37.3. The van der Waals surface area contributed by atoms with E-state index < -0.39 is 43.0 Å². The number of hydrogen-bond donors (Lipinski definition) is 4. The third-order valence-corrected chi connectivity index (χ3v) is 11.7. The zero-order valence-corrected chi connectivity index (χ0v) is 29.9. The highest BCUT2D eigenvalue weighted by Crippen LogP contribution is 2.51. The summed E-state index contributed by atoms with van der Waals surface area (Å²) in [5.74, 6) is -1.99. The Morgan fingerprint density at radius 1 is 0.725 bits per heavy atom. The smallest absolute Gasteiger partial charge is 0.309 e. The summed E-state index contributed by atoms with van der Waals surface area (Å²) in [6.07, 6.45) is 5.17. The molecule has 4 N–H and O–H groups in total. The number of fused-ring (bicyclic) bond motifs is 6. The average molecular weight is 734 g/mol. The van der Waals surface area contributed by atoms with E-state index in [1.165, 1.54) is 12.1 Å². The number of carbonyl (C=O) groups is 2. The summed E-state index contributed by atoms with van der Waals surface area (Å²) in [4.78, 5) is 24.9. The van der Waals surface area contributed by atoms with Gasteiger partial charge in [0.05, 0.1) is 11.8 Å². The predicted octanol–water partition coefficient (Wildman–Crippen LogP) is 6.05. The van der Waals surface area contributed by atoms with Gasteiger partial charge >= 0.3 is 11.9 Å². The van der Waals surface area contributed by atoms with Gasteiger partial charge in [-0.2, -0.15) is 21.4 Å². The van der Waals surface area contributed by atoms with Gasteiger partial charge in [0.1, 0.15) is 16.2 Å². The molecule has 0 saturated heterocycles. The largest absolute Gasteiger partial charge is 0.481 e. The summed E-state index contributed by atoms with van der Waals surface area (Å²) >= 11 is 0. The van der Waals surface area contributed by atoms with Gasteiger partial charge in [0, 0.05) is 51.8 Å². The molecule has 4 aromatic carbocycles. The third kappa shape index (κ3) is 6.11. The molecule has 0 amide bonds. The Morgan fingerprint density at radius 3 is 1.82 bits per heavy atom. The number of rotatable bonds is 10. The van der Waals surface area contributed by atoms with Crippen molar-refractivity contribution in [1.29, 1.82) is 0 Å². The van der Waals surface area contributed by atoms with Crippen LogP contribution in [0.3, 0.4) is 0 Å². The van der Waals surface area contributed by atoms with Crippen molar-refractivity contribution in [2.45, 2.75) is 61.2 Å². The van der Waals surface area contributed by atoms with Crippen LogP contribution in [0.25, 0.3) is 21.5 Å². The van der Waals surface area contributed by atoms with Gasteiger partial charge in [-0.25, -0.2) is 0 Å². The standard InChI is InChI=1S/C37H36N2O10S2/c1-36(2)30(38(20-18-32(40)41)26-16-14-22-24(34(26)36)8-5-10-28(22)50(44,45)46)12-7-13-31-37(3,4)35-25-9-6-11-29(51(47,48)49)23(25)15-17-27(35)39(31)21-19-33(42)43/h5-17H,18-21H2,1-4H3,(H3-,40,41,42,43,44,45,46,47,48,49)/p+1. The molecule has 2 aliphatic heterocycles. The van der Waals surface area contributed by atoms with Crippen LogP contribution in [0, 0.1) is 0 Å². The molecule has 0 spiro atoms. The maximum absolute atomic E-state index is 12.2. The van der Waals surface area contributed by atoms with Gasteiger partial charge < -0.3 is 15.1 Å². The molecule has 0 unspecified atom stereocenters. The fourth-order valence-electron chi connectivity index (χ4n) is 7.76. The predicted molar refractivity (Wildman–Crippen MR) is 192 cm³/mol. The number of hydrogen-bond acceptors (Lipinski definition) is 7. The molecule has 4 aromatic rings. The number of carboxylic acid groups (broad SMARTS) is 2. The molecule has 0 aliphatic carbocycles. The van der Waals surface area contributed by atoms with Crippen molar-refractivity contribution in [3.63, 3.8) is 0 Å². The number of anilines is 1. The van der Waals surface area contributed by atoms with E-state index in [1.54, 1.807) is 48.5 Å². The van der Waals surface area contributed by atoms with E-state index in [1.807, 2.05) is 55.4 Å². The van der Waals surface area contributed by atoms with E-state index in [0.29, 0.717) is 32.9 Å². The molecular weight excluding hydrogens is 697 g/mol. The number of allylic oxidation sites excluding steroid dienone is 4. The van der Waals surface area contributed by atoms with E-state index in [2.05, 4.69) is 0 Å². The second kappa shape index (κ2) is 12.4. The molecule has 0 bridgehead atoms. The van der Waals surface area contributed by atoms with Crippen LogP contribution in [0.4, 0.5) is 11.4 Å². The molecule has 14 heteroatoms. The van der Waals surface area contributed by atoms with Crippen molar-refractivity contribution in [1.82, 2.24) is 0 Å². The van der Waals surface area contributed by atoms with E-state index in [0.717, 1.165) is 22.5 Å². The molecule has 51 heavy (non-hydrogen) atoms. The second-order valence-corrected chi connectivity index (χ2v) is 16.5. The topological polar surface area (TPSA) is 190 Å². The van der Waals surface area contributed by atoms with Crippen molar-refractivity contribution in [2.75, 3.05) is 18.0 Å². The second-order valence-electron chi connectivity index (χ2n) is 13.7. The summed E-state index contributed by atoms with van der Waals surface area (Å²) in [5, 5.41) is 21.1. The van der Waals surface area contributed by atoms with Crippen molar-refractivity contribution in [3.05, 3.63) is 95.7 Å². The molecule has 0 atom stereocenters. The van der Waals surface area contributed by atoms with Crippen LogP contribution in [-0.4, -0.2) is 71.5 Å². The fourth-order valence-corrected chi connectivity index (χ4v) is 9.18. The minimum absolute atomic E-state index is 0.120. The minimum atomic E-state index is -4.53. The molecule has 6 rings (SSSR count). The highest BCUT2D eigenvalue weighted by Gasteiger charge is 2.46. The molecule has 2 aliphatic rings. The van der Waals surface area contributed by atoms with Crippen molar-refractivity contribution in [3.8, 4) is 0 Å². The molecule has 2 heterocycles. The molecule has 0 fully saturated rings. The van der Waals surface area contributed by atoms with E-state index >= 15 is 0 Å². The first-order valence-electron chi connectivity index (χ1n) is 16.1. The SMILES string of the molecule is CC1(C)C(/C=C/C=C2\N(CCC(=O)O)c3ccc4c(S(=O)(=O)O)cccc4c3C2(C)C)=[N+](CCC(=O)O)c2ccc3c(S(=O)(=O)O)cccc3c21. The first-order chi connectivity index (χ1) is 23.8. The van der Waals surface area contributed by atoms with Crippen LogP contribution < -0.4 is 4.90 Å². The molecule has 0 aromatic heterocycles. The summed E-state index contributed by atoms with van der Waals surface area (Å²) in [6.45, 7) is 8.04. The fraction of sp³-hybridized carbons (Fsp3) is 0.270. The van der Waals surface area contributed by atoms with Crippen LogP contribution in [0.1, 0.15) is 51.7 Å². The van der Waals surface area contributed by atoms with Gasteiger partial charge in [0.25, 0.3) is 20.2 Å². The summed E-state index contributed by atoms with van der Waals surface area (Å²) in [6, 6.07) is 16.0. The maximum atomic E-state index is 12.2. The Balaban J connectivity index is 1.51. The molecule has 266 valence electrons. The van der Waals surface area contributed by atoms with E-state index in [-0.39, 0.29) is 35.7 Å². The van der Waals surface area contributed by atoms with Crippen LogP contribution in [0.5, 0.6) is 0 Å². The molecule has 12 nitrogen and oxygen atoms in total. The van der Waals surface area contributed by atoms with Crippen LogP contribution in [0.15, 0.2) is 94.4 Å². The lowest BCUT2D eigenvalue weighted by atomic mass is 9.79. The monoisotopic (exact) mass is 733 g/mol. The maximum Gasteiger partial charge on any atom is 0.309 e. The van der Waals surface area contributed by atoms with Crippen molar-refractivity contribution < 1.29 is 50.3 Å². The Kier molecular flexibility index (Phi) is 8.74. The van der Waals surface area contributed by atoms with Gasteiger partial charge in [-0.3, -0.25) is 18.7 Å². The highest BCUT2D eigenvalue weighted by atomic mass is 32.2. The lowest BCUT2D eigenvalue weighted by Gasteiger charge is -2.26. The molecule has 0 radical (unpaired) electrons. The summed E-state index contributed by atoms with van der Waals surface area (Å²) < 4.78 is 70.7. The summed E-state index contributed by atoms with van der Waals surface area (Å²) in [5.41, 5.74) is 2.86. The quantitative estimate of drug-likeness (QED) is 0.110. The van der Waals surface area contributed by atoms with Crippen molar-refractivity contribution >= 4 is 70.8 Å². The number of benzene rings is 4. The molecule has 0 saturated carbocycles.